The Labute approximate surface area is 91.4 Å². The second-order valence-electron chi connectivity index (χ2n) is 4.32. The lowest BCUT2D eigenvalue weighted by Crippen LogP contribution is -2.45. The van der Waals surface area contributed by atoms with Gasteiger partial charge in [0.05, 0.1) is 0 Å². The highest BCUT2D eigenvalue weighted by Crippen LogP contribution is 2.27. The molecule has 1 saturated carbocycles. The molecule has 3 N–H and O–H groups in total. The number of aliphatic carboxylic acids is 1. The van der Waals surface area contributed by atoms with Crippen molar-refractivity contribution in [2.75, 3.05) is 19.6 Å². The van der Waals surface area contributed by atoms with Gasteiger partial charge in [0.15, 0.2) is 0 Å². The summed E-state index contributed by atoms with van der Waals surface area (Å²) in [6.45, 7) is 4.18. The van der Waals surface area contributed by atoms with E-state index in [2.05, 4.69) is 4.90 Å². The van der Waals surface area contributed by atoms with Gasteiger partial charge in [-0.3, -0.25) is 9.69 Å². The molecule has 0 aromatic heterocycles. The third-order valence-electron chi connectivity index (χ3n) is 3.29. The van der Waals surface area contributed by atoms with Crippen LogP contribution in [0.4, 0.5) is 0 Å². The quantitative estimate of drug-likeness (QED) is 0.661. The lowest BCUT2D eigenvalue weighted by molar-refractivity contribution is -0.143. The van der Waals surface area contributed by atoms with Gasteiger partial charge >= 0.3 is 5.97 Å². The fraction of sp³-hybridized carbons (Fsp3) is 0.909. The Hall–Kier alpha value is -0.610. The molecule has 0 bridgehead atoms. The maximum absolute atomic E-state index is 11.1. The average Bonchev–Trinajstić information content (AvgIpc) is 2.14. The number of rotatable bonds is 7. The van der Waals surface area contributed by atoms with Gasteiger partial charge in [0.1, 0.15) is 6.04 Å². The number of nitrogens with zero attached hydrogens (tertiary/aromatic N) is 1. The Bertz CT molecular complexity index is 205. The second kappa shape index (κ2) is 6.08. The predicted octanol–water partition coefficient (Wildman–Crippen LogP) is 0.910. The van der Waals surface area contributed by atoms with E-state index < -0.39 is 5.97 Å². The Balaban J connectivity index is 2.47. The number of hydrogen-bond donors (Lipinski definition) is 2. The Morgan fingerprint density at radius 2 is 2.27 bits per heavy atom. The number of likely N-dealkylation sites (N-methyl/N-ethyl adjacent to an activating group) is 1. The number of carbonyl (C=O) groups is 1. The average molecular weight is 214 g/mol. The van der Waals surface area contributed by atoms with Crippen molar-refractivity contribution >= 4 is 5.97 Å². The van der Waals surface area contributed by atoms with Crippen molar-refractivity contribution in [2.45, 2.75) is 38.6 Å². The summed E-state index contributed by atoms with van der Waals surface area (Å²) in [5.74, 6) is -0.0220. The number of carboxylic acids is 1. The normalized spacial score (nSPS) is 18.9. The first-order valence-electron chi connectivity index (χ1n) is 5.86. The molecule has 0 amide bonds. The predicted molar refractivity (Wildman–Crippen MR) is 59.7 cm³/mol. The van der Waals surface area contributed by atoms with Crippen LogP contribution in [-0.2, 0) is 4.79 Å². The van der Waals surface area contributed by atoms with E-state index in [0.717, 1.165) is 13.1 Å². The van der Waals surface area contributed by atoms with E-state index in [-0.39, 0.29) is 6.04 Å². The minimum absolute atomic E-state index is 0.388. The SMILES string of the molecule is CCN(CC1CCC1)C(CCN)C(=O)O. The fourth-order valence-corrected chi connectivity index (χ4v) is 2.10. The van der Waals surface area contributed by atoms with Gasteiger partial charge in [-0.25, -0.2) is 0 Å². The van der Waals surface area contributed by atoms with Crippen LogP contribution in [-0.4, -0.2) is 41.7 Å². The zero-order chi connectivity index (χ0) is 11.3. The summed E-state index contributed by atoms with van der Waals surface area (Å²) in [6.07, 6.45) is 4.36. The molecule has 4 heteroatoms. The smallest absolute Gasteiger partial charge is 0.320 e. The summed E-state index contributed by atoms with van der Waals surface area (Å²) < 4.78 is 0. The van der Waals surface area contributed by atoms with Crippen molar-refractivity contribution in [2.24, 2.45) is 11.7 Å². The van der Waals surface area contributed by atoms with Gasteiger partial charge < -0.3 is 10.8 Å². The monoisotopic (exact) mass is 214 g/mol. The number of hydrogen-bond acceptors (Lipinski definition) is 3. The van der Waals surface area contributed by atoms with Gasteiger partial charge in [0.2, 0.25) is 0 Å². The van der Waals surface area contributed by atoms with E-state index in [0.29, 0.717) is 18.9 Å². The third kappa shape index (κ3) is 3.47. The third-order valence-corrected chi connectivity index (χ3v) is 3.29. The standard InChI is InChI=1S/C11H22N2O2/c1-2-13(8-9-4-3-5-9)10(6-7-12)11(14)15/h9-10H,2-8,12H2,1H3,(H,14,15). The molecule has 0 radical (unpaired) electrons. The highest BCUT2D eigenvalue weighted by atomic mass is 16.4. The minimum atomic E-state index is -0.735. The molecule has 0 saturated heterocycles. The molecule has 15 heavy (non-hydrogen) atoms. The Kier molecular flexibility index (Phi) is 5.05. The molecule has 4 nitrogen and oxygen atoms in total. The Morgan fingerprint density at radius 1 is 1.60 bits per heavy atom. The van der Waals surface area contributed by atoms with Crippen molar-refractivity contribution < 1.29 is 9.90 Å². The van der Waals surface area contributed by atoms with Gasteiger partial charge in [-0.2, -0.15) is 0 Å². The minimum Gasteiger partial charge on any atom is -0.480 e. The summed E-state index contributed by atoms with van der Waals surface area (Å²) >= 11 is 0. The largest absolute Gasteiger partial charge is 0.480 e. The lowest BCUT2D eigenvalue weighted by atomic mass is 9.84. The van der Waals surface area contributed by atoms with Crippen molar-refractivity contribution in [1.82, 2.24) is 4.90 Å². The zero-order valence-electron chi connectivity index (χ0n) is 9.48. The summed E-state index contributed by atoms with van der Waals surface area (Å²) in [7, 11) is 0. The van der Waals surface area contributed by atoms with Crippen LogP contribution in [0.1, 0.15) is 32.6 Å². The van der Waals surface area contributed by atoms with Gasteiger partial charge in [0.25, 0.3) is 0 Å². The first-order valence-corrected chi connectivity index (χ1v) is 5.86. The van der Waals surface area contributed by atoms with Crippen molar-refractivity contribution in [3.63, 3.8) is 0 Å². The molecule has 88 valence electrons. The Morgan fingerprint density at radius 3 is 2.60 bits per heavy atom. The molecule has 0 aliphatic heterocycles. The van der Waals surface area contributed by atoms with Gasteiger partial charge in [0, 0.05) is 6.54 Å². The molecule has 0 aromatic rings. The highest BCUT2D eigenvalue weighted by Gasteiger charge is 2.27. The summed E-state index contributed by atoms with van der Waals surface area (Å²) in [4.78, 5) is 13.1. The summed E-state index contributed by atoms with van der Waals surface area (Å²) in [6, 6.07) is -0.388. The first kappa shape index (κ1) is 12.5. The fourth-order valence-electron chi connectivity index (χ4n) is 2.10. The van der Waals surface area contributed by atoms with Gasteiger partial charge in [-0.05, 0) is 38.3 Å². The van der Waals surface area contributed by atoms with Crippen LogP contribution in [0.5, 0.6) is 0 Å². The van der Waals surface area contributed by atoms with E-state index in [1.165, 1.54) is 19.3 Å². The summed E-state index contributed by atoms with van der Waals surface area (Å²) in [5.41, 5.74) is 5.45. The van der Waals surface area contributed by atoms with Crippen LogP contribution in [0.3, 0.4) is 0 Å². The summed E-state index contributed by atoms with van der Waals surface area (Å²) in [5, 5.41) is 9.11. The number of carboxylic acid groups (broad SMARTS) is 1. The molecule has 1 unspecified atom stereocenters. The van der Waals surface area contributed by atoms with Gasteiger partial charge in [-0.15, -0.1) is 0 Å². The first-order chi connectivity index (χ1) is 7.19. The van der Waals surface area contributed by atoms with Crippen molar-refractivity contribution in [3.05, 3.63) is 0 Å². The topological polar surface area (TPSA) is 66.6 Å². The highest BCUT2D eigenvalue weighted by molar-refractivity contribution is 5.73. The molecule has 0 spiro atoms. The van der Waals surface area contributed by atoms with Crippen molar-refractivity contribution in [1.29, 1.82) is 0 Å². The van der Waals surface area contributed by atoms with E-state index in [1.807, 2.05) is 6.92 Å². The molecule has 1 aliphatic carbocycles. The maximum atomic E-state index is 11.1. The van der Waals surface area contributed by atoms with Crippen LogP contribution >= 0.6 is 0 Å². The molecule has 1 fully saturated rings. The molecule has 0 aromatic carbocycles. The number of nitrogens with two attached hydrogens (primary N) is 1. The van der Waals surface area contributed by atoms with E-state index in [9.17, 15) is 4.79 Å². The lowest BCUT2D eigenvalue weighted by Gasteiger charge is -2.34. The maximum Gasteiger partial charge on any atom is 0.320 e. The van der Waals surface area contributed by atoms with Crippen LogP contribution in [0.15, 0.2) is 0 Å². The second-order valence-corrected chi connectivity index (χ2v) is 4.32. The molecule has 1 atom stereocenters. The van der Waals surface area contributed by atoms with E-state index in [4.69, 9.17) is 10.8 Å². The molecule has 0 heterocycles. The van der Waals surface area contributed by atoms with E-state index in [1.54, 1.807) is 0 Å². The van der Waals surface area contributed by atoms with Gasteiger partial charge in [-0.1, -0.05) is 13.3 Å². The van der Waals surface area contributed by atoms with Crippen LogP contribution in [0.25, 0.3) is 0 Å². The molecular formula is C11H22N2O2. The van der Waals surface area contributed by atoms with Crippen molar-refractivity contribution in [3.8, 4) is 0 Å². The van der Waals surface area contributed by atoms with Crippen LogP contribution in [0.2, 0.25) is 0 Å². The zero-order valence-corrected chi connectivity index (χ0v) is 9.48. The van der Waals surface area contributed by atoms with E-state index >= 15 is 0 Å². The molecular weight excluding hydrogens is 192 g/mol. The molecule has 1 aliphatic rings. The molecule has 1 rings (SSSR count). The van der Waals surface area contributed by atoms with Crippen LogP contribution in [0, 0.1) is 5.92 Å². The van der Waals surface area contributed by atoms with Crippen LogP contribution < -0.4 is 5.73 Å².